The van der Waals surface area contributed by atoms with E-state index in [2.05, 4.69) is 13.8 Å². The maximum absolute atomic E-state index is 12.3. The quantitative estimate of drug-likeness (QED) is 0.643. The van der Waals surface area contributed by atoms with Crippen molar-refractivity contribution in [3.63, 3.8) is 0 Å². The molecule has 1 unspecified atom stereocenters. The van der Waals surface area contributed by atoms with Crippen molar-refractivity contribution in [2.75, 3.05) is 12.7 Å². The molecule has 13 heavy (non-hydrogen) atoms. The summed E-state index contributed by atoms with van der Waals surface area (Å²) in [4.78, 5) is 12.3. The summed E-state index contributed by atoms with van der Waals surface area (Å²) in [6.07, 6.45) is 1.76. The molecule has 1 rings (SSSR count). The molecule has 0 radical (unpaired) electrons. The minimum Gasteiger partial charge on any atom is -0.641 e. The largest absolute Gasteiger partial charge is 0.641 e. The summed E-state index contributed by atoms with van der Waals surface area (Å²) < 4.78 is 7.60. The van der Waals surface area contributed by atoms with Gasteiger partial charge in [0.1, 0.15) is 6.10 Å². The molecule has 0 aromatic heterocycles. The van der Waals surface area contributed by atoms with E-state index >= 15 is 0 Å². The van der Waals surface area contributed by atoms with E-state index in [1.165, 1.54) is 0 Å². The first-order valence-electron chi connectivity index (χ1n) is 5.04. The molecular weight excluding hydrogens is 185 g/mol. The molecule has 1 saturated heterocycles. The third-order valence-corrected chi connectivity index (χ3v) is 5.43. The average Bonchev–Trinajstić information content (AvgIpc) is 2.03. The van der Waals surface area contributed by atoms with E-state index in [1.54, 1.807) is 0 Å². The molecule has 0 N–H and O–H groups in total. The molecule has 1 fully saturated rings. The standard InChI is InChI=1S/C9H20NO2P/c1-5-13(11)10(8(2)3)7-6-9(4)12-13/h8-9H,5-7H2,1-4H3/t9-,13?/m0/s1. The van der Waals surface area contributed by atoms with Crippen LogP contribution in [0, 0.1) is 0 Å². The first-order chi connectivity index (χ1) is 5.99. The number of rotatable bonds is 2. The molecule has 3 nitrogen and oxygen atoms in total. The van der Waals surface area contributed by atoms with Crippen molar-refractivity contribution < 1.29 is 9.42 Å². The van der Waals surface area contributed by atoms with Crippen LogP contribution in [0.3, 0.4) is 0 Å². The van der Waals surface area contributed by atoms with Gasteiger partial charge >= 0.3 is 0 Å². The van der Waals surface area contributed by atoms with Crippen LogP contribution >= 0.6 is 7.87 Å². The molecule has 1 aliphatic heterocycles. The van der Waals surface area contributed by atoms with Crippen LogP contribution in [0.15, 0.2) is 0 Å². The topological polar surface area (TPSA) is 35.5 Å². The van der Waals surface area contributed by atoms with Gasteiger partial charge in [0, 0.05) is 12.6 Å². The van der Waals surface area contributed by atoms with Gasteiger partial charge in [0.2, 0.25) is 0 Å². The Hall–Kier alpha value is 0.310. The summed E-state index contributed by atoms with van der Waals surface area (Å²) in [6.45, 7) is 8.99. The smallest absolute Gasteiger partial charge is 0.173 e. The fraction of sp³-hybridized carbons (Fsp3) is 1.00. The second kappa shape index (κ2) is 4.22. The van der Waals surface area contributed by atoms with Crippen molar-refractivity contribution in [2.45, 2.75) is 46.3 Å². The maximum atomic E-state index is 12.3. The van der Waals surface area contributed by atoms with Gasteiger partial charge in [-0.15, -0.1) is 0 Å². The van der Waals surface area contributed by atoms with Crippen molar-refractivity contribution in [3.05, 3.63) is 0 Å². The summed E-state index contributed by atoms with van der Waals surface area (Å²) in [5.74, 6) is 0. The molecule has 78 valence electrons. The van der Waals surface area contributed by atoms with Crippen molar-refractivity contribution in [1.82, 2.24) is 4.67 Å². The Balaban J connectivity index is 2.72. The van der Waals surface area contributed by atoms with Crippen molar-refractivity contribution >= 4 is 7.87 Å². The fourth-order valence-corrected chi connectivity index (χ4v) is 4.15. The highest BCUT2D eigenvalue weighted by Crippen LogP contribution is 2.58. The monoisotopic (exact) mass is 205 g/mol. The first kappa shape index (κ1) is 11.4. The van der Waals surface area contributed by atoms with Crippen molar-refractivity contribution in [3.8, 4) is 0 Å². The summed E-state index contributed by atoms with van der Waals surface area (Å²) in [5.41, 5.74) is 0. The van der Waals surface area contributed by atoms with E-state index in [9.17, 15) is 4.89 Å². The average molecular weight is 205 g/mol. The zero-order valence-electron chi connectivity index (χ0n) is 8.99. The van der Waals surface area contributed by atoms with Gasteiger partial charge < -0.3 is 4.89 Å². The van der Waals surface area contributed by atoms with Gasteiger partial charge in [-0.25, -0.2) is 4.52 Å². The summed E-state index contributed by atoms with van der Waals surface area (Å²) in [7, 11) is -2.48. The van der Waals surface area contributed by atoms with Crippen LogP contribution < -0.4 is 4.89 Å². The minimum atomic E-state index is -2.48. The normalized spacial score (nSPS) is 36.9. The second-order valence-electron chi connectivity index (χ2n) is 3.92. The summed E-state index contributed by atoms with van der Waals surface area (Å²) >= 11 is 0. The third kappa shape index (κ3) is 2.41. The van der Waals surface area contributed by atoms with Gasteiger partial charge in [0.15, 0.2) is 7.87 Å². The van der Waals surface area contributed by atoms with E-state index in [0.717, 1.165) is 13.0 Å². The predicted molar refractivity (Wildman–Crippen MR) is 54.5 cm³/mol. The molecular formula is C9H20NO2P. The number of hydrogen-bond acceptors (Lipinski definition) is 3. The Kier molecular flexibility index (Phi) is 3.70. The molecule has 1 heterocycles. The molecule has 0 aromatic carbocycles. The first-order valence-corrected chi connectivity index (χ1v) is 6.80. The zero-order chi connectivity index (χ0) is 10.1. The lowest BCUT2D eigenvalue weighted by molar-refractivity contribution is -0.217. The number of hydrogen-bond donors (Lipinski definition) is 0. The molecule has 4 heteroatoms. The molecule has 0 saturated carbocycles. The van der Waals surface area contributed by atoms with Crippen molar-refractivity contribution in [1.29, 1.82) is 0 Å². The lowest BCUT2D eigenvalue weighted by atomic mass is 10.2. The van der Waals surface area contributed by atoms with Crippen LogP contribution in [0.2, 0.25) is 0 Å². The van der Waals surface area contributed by atoms with E-state index in [0.29, 0.717) is 12.2 Å². The SMILES string of the molecule is CC[P+]1([O-])O[C@@H](C)CCN1C(C)C. The van der Waals surface area contributed by atoms with E-state index in [4.69, 9.17) is 4.52 Å². The third-order valence-electron chi connectivity index (χ3n) is 2.50. The molecule has 2 atom stereocenters. The van der Waals surface area contributed by atoms with E-state index in [-0.39, 0.29) is 6.10 Å². The highest BCUT2D eigenvalue weighted by atomic mass is 31.2. The molecule has 0 spiro atoms. The summed E-state index contributed by atoms with van der Waals surface area (Å²) in [5, 5.41) is 0. The van der Waals surface area contributed by atoms with E-state index in [1.807, 2.05) is 18.5 Å². The summed E-state index contributed by atoms with van der Waals surface area (Å²) in [6, 6.07) is 0.318. The highest BCUT2D eigenvalue weighted by Gasteiger charge is 2.41. The van der Waals surface area contributed by atoms with Gasteiger partial charge in [-0.3, -0.25) is 0 Å². The molecule has 1 aliphatic rings. The molecule has 0 aromatic rings. The second-order valence-corrected chi connectivity index (χ2v) is 6.55. The molecule has 0 bridgehead atoms. The van der Waals surface area contributed by atoms with Gasteiger partial charge in [0.25, 0.3) is 0 Å². The van der Waals surface area contributed by atoms with Gasteiger partial charge in [-0.2, -0.15) is 4.67 Å². The number of nitrogens with zero attached hydrogens (tertiary/aromatic N) is 1. The molecule has 0 aliphatic carbocycles. The highest BCUT2D eigenvalue weighted by molar-refractivity contribution is 7.61. The minimum absolute atomic E-state index is 0.154. The van der Waals surface area contributed by atoms with Crippen LogP contribution in [-0.2, 0) is 4.52 Å². The Morgan fingerprint density at radius 2 is 2.23 bits per heavy atom. The van der Waals surface area contributed by atoms with Crippen molar-refractivity contribution in [2.24, 2.45) is 0 Å². The predicted octanol–water partition coefficient (Wildman–Crippen LogP) is 1.65. The van der Waals surface area contributed by atoms with Crippen LogP contribution in [-0.4, -0.2) is 29.5 Å². The Morgan fingerprint density at radius 1 is 1.62 bits per heavy atom. The van der Waals surface area contributed by atoms with Crippen LogP contribution in [0.1, 0.15) is 34.1 Å². The van der Waals surface area contributed by atoms with Gasteiger partial charge in [0.05, 0.1) is 6.16 Å². The lowest BCUT2D eigenvalue weighted by Crippen LogP contribution is -2.45. The maximum Gasteiger partial charge on any atom is 0.173 e. The van der Waals surface area contributed by atoms with Crippen LogP contribution in [0.5, 0.6) is 0 Å². The van der Waals surface area contributed by atoms with Crippen LogP contribution in [0.25, 0.3) is 0 Å². The zero-order valence-corrected chi connectivity index (χ0v) is 9.88. The Labute approximate surface area is 81.6 Å². The van der Waals surface area contributed by atoms with Gasteiger partial charge in [-0.05, 0) is 34.1 Å². The van der Waals surface area contributed by atoms with Gasteiger partial charge in [-0.1, -0.05) is 0 Å². The fourth-order valence-electron chi connectivity index (χ4n) is 1.73. The Morgan fingerprint density at radius 3 is 2.69 bits per heavy atom. The van der Waals surface area contributed by atoms with Crippen LogP contribution in [0.4, 0.5) is 0 Å². The Bertz CT molecular complexity index is 177. The molecule has 0 amide bonds. The lowest BCUT2D eigenvalue weighted by Gasteiger charge is -2.45. The van der Waals surface area contributed by atoms with E-state index < -0.39 is 7.87 Å².